The van der Waals surface area contributed by atoms with Crippen LogP contribution in [0, 0.1) is 5.82 Å². The molecule has 3 rings (SSSR count). The summed E-state index contributed by atoms with van der Waals surface area (Å²) >= 11 is 5.88. The van der Waals surface area contributed by atoms with Gasteiger partial charge in [0.2, 0.25) is 0 Å². The molecule has 4 heteroatoms. The first-order valence-corrected chi connectivity index (χ1v) is 7.47. The van der Waals surface area contributed by atoms with Gasteiger partial charge in [-0.15, -0.1) is 0 Å². The van der Waals surface area contributed by atoms with Gasteiger partial charge in [0.05, 0.1) is 17.7 Å². The number of halogens is 2. The molecule has 110 valence electrons. The number of benzene rings is 2. The van der Waals surface area contributed by atoms with E-state index in [1.165, 1.54) is 6.07 Å². The highest BCUT2D eigenvalue weighted by Gasteiger charge is 2.15. The largest absolute Gasteiger partial charge is 0.372 e. The third-order valence-corrected chi connectivity index (χ3v) is 4.03. The molecular formula is C17H17ClFNO. The zero-order valence-electron chi connectivity index (χ0n) is 11.6. The van der Waals surface area contributed by atoms with Crippen LogP contribution in [0.2, 0.25) is 5.02 Å². The summed E-state index contributed by atoms with van der Waals surface area (Å²) in [4.78, 5) is 0. The minimum absolute atomic E-state index is 0.142. The van der Waals surface area contributed by atoms with Crippen LogP contribution < -0.4 is 5.32 Å². The fourth-order valence-corrected chi connectivity index (χ4v) is 2.75. The maximum Gasteiger partial charge on any atom is 0.141 e. The van der Waals surface area contributed by atoms with Crippen molar-refractivity contribution in [2.24, 2.45) is 0 Å². The first kappa shape index (κ1) is 14.5. The minimum atomic E-state index is -0.397. The van der Waals surface area contributed by atoms with Gasteiger partial charge in [-0.05, 0) is 41.8 Å². The van der Waals surface area contributed by atoms with Gasteiger partial charge in [0.15, 0.2) is 0 Å². The Morgan fingerprint density at radius 2 is 2.10 bits per heavy atom. The van der Waals surface area contributed by atoms with Crippen molar-refractivity contribution in [3.05, 3.63) is 58.9 Å². The highest BCUT2D eigenvalue weighted by Crippen LogP contribution is 2.28. The lowest BCUT2D eigenvalue weighted by molar-refractivity contribution is 0.0545. The van der Waals surface area contributed by atoms with Crippen LogP contribution in [0.1, 0.15) is 12.0 Å². The lowest BCUT2D eigenvalue weighted by Gasteiger charge is -2.14. The van der Waals surface area contributed by atoms with Crippen molar-refractivity contribution >= 4 is 11.6 Å². The van der Waals surface area contributed by atoms with Crippen molar-refractivity contribution in [1.82, 2.24) is 5.32 Å². The van der Waals surface area contributed by atoms with Gasteiger partial charge in [-0.1, -0.05) is 41.9 Å². The normalized spacial score (nSPS) is 18.1. The number of hydrogen-bond acceptors (Lipinski definition) is 2. The van der Waals surface area contributed by atoms with E-state index in [2.05, 4.69) is 5.32 Å². The Morgan fingerprint density at radius 3 is 2.86 bits per heavy atom. The second-order valence-electron chi connectivity index (χ2n) is 5.21. The van der Waals surface area contributed by atoms with Gasteiger partial charge in [-0.3, -0.25) is 0 Å². The summed E-state index contributed by atoms with van der Waals surface area (Å²) in [6.45, 7) is 2.47. The maximum atomic E-state index is 13.3. The summed E-state index contributed by atoms with van der Waals surface area (Å²) in [5.74, 6) is -0.397. The second-order valence-corrected chi connectivity index (χ2v) is 5.62. The van der Waals surface area contributed by atoms with Crippen molar-refractivity contribution in [3.8, 4) is 11.1 Å². The van der Waals surface area contributed by atoms with Gasteiger partial charge >= 0.3 is 0 Å². The quantitative estimate of drug-likeness (QED) is 0.921. The zero-order valence-corrected chi connectivity index (χ0v) is 12.4. The van der Waals surface area contributed by atoms with Gasteiger partial charge < -0.3 is 10.1 Å². The van der Waals surface area contributed by atoms with E-state index in [1.54, 1.807) is 12.1 Å². The molecule has 0 aliphatic carbocycles. The lowest BCUT2D eigenvalue weighted by atomic mass is 10.00. The molecule has 0 radical (unpaired) electrons. The fourth-order valence-electron chi connectivity index (χ4n) is 2.57. The highest BCUT2D eigenvalue weighted by molar-refractivity contribution is 6.31. The molecule has 1 aliphatic rings. The Bertz CT molecular complexity index is 626. The SMILES string of the molecule is Fc1ccc(-c2ccccc2COC2CCNC2)cc1Cl. The summed E-state index contributed by atoms with van der Waals surface area (Å²) in [6.07, 6.45) is 1.32. The van der Waals surface area contributed by atoms with E-state index >= 15 is 0 Å². The monoisotopic (exact) mass is 305 g/mol. The van der Waals surface area contributed by atoms with Gasteiger partial charge in [0.1, 0.15) is 5.82 Å². The molecule has 1 aliphatic heterocycles. The van der Waals surface area contributed by atoms with E-state index in [9.17, 15) is 4.39 Å². The van der Waals surface area contributed by atoms with Crippen LogP contribution >= 0.6 is 11.6 Å². The van der Waals surface area contributed by atoms with Crippen LogP contribution in [0.5, 0.6) is 0 Å². The average Bonchev–Trinajstić information content (AvgIpc) is 3.02. The second kappa shape index (κ2) is 6.56. The summed E-state index contributed by atoms with van der Waals surface area (Å²) in [5.41, 5.74) is 3.03. The molecule has 0 bridgehead atoms. The molecule has 1 heterocycles. The Kier molecular flexibility index (Phi) is 4.54. The van der Waals surface area contributed by atoms with Crippen LogP contribution in [-0.2, 0) is 11.3 Å². The van der Waals surface area contributed by atoms with E-state index < -0.39 is 5.82 Å². The third-order valence-electron chi connectivity index (χ3n) is 3.74. The van der Waals surface area contributed by atoms with Crippen LogP contribution in [0.25, 0.3) is 11.1 Å². The van der Waals surface area contributed by atoms with Crippen molar-refractivity contribution in [2.75, 3.05) is 13.1 Å². The predicted octanol–water partition coefficient (Wildman–Crippen LogP) is 4.02. The van der Waals surface area contributed by atoms with Gasteiger partial charge in [0.25, 0.3) is 0 Å². The number of nitrogens with one attached hydrogen (secondary N) is 1. The zero-order chi connectivity index (χ0) is 14.7. The molecule has 0 spiro atoms. The van der Waals surface area contributed by atoms with Crippen LogP contribution in [0.4, 0.5) is 4.39 Å². The van der Waals surface area contributed by atoms with Crippen molar-refractivity contribution < 1.29 is 9.13 Å². The Labute approximate surface area is 128 Å². The molecule has 21 heavy (non-hydrogen) atoms. The van der Waals surface area contributed by atoms with E-state index in [0.717, 1.165) is 36.2 Å². The fraction of sp³-hybridized carbons (Fsp3) is 0.294. The smallest absolute Gasteiger partial charge is 0.141 e. The lowest BCUT2D eigenvalue weighted by Crippen LogP contribution is -2.16. The molecule has 2 aromatic carbocycles. The number of ether oxygens (including phenoxy) is 1. The first-order chi connectivity index (χ1) is 10.2. The van der Waals surface area contributed by atoms with Crippen molar-refractivity contribution in [2.45, 2.75) is 19.1 Å². The summed E-state index contributed by atoms with van der Waals surface area (Å²) in [5, 5.41) is 3.43. The predicted molar refractivity (Wildman–Crippen MR) is 82.9 cm³/mol. The highest BCUT2D eigenvalue weighted by atomic mass is 35.5. The molecule has 1 N–H and O–H groups in total. The van der Waals surface area contributed by atoms with Gasteiger partial charge in [-0.2, -0.15) is 0 Å². The molecule has 2 aromatic rings. The molecule has 1 atom stereocenters. The Hall–Kier alpha value is -1.42. The summed E-state index contributed by atoms with van der Waals surface area (Å²) in [7, 11) is 0. The van der Waals surface area contributed by atoms with Crippen molar-refractivity contribution in [3.63, 3.8) is 0 Å². The van der Waals surface area contributed by atoms with E-state index in [-0.39, 0.29) is 11.1 Å². The molecule has 1 saturated heterocycles. The molecular weight excluding hydrogens is 289 g/mol. The van der Waals surface area contributed by atoms with Gasteiger partial charge in [0, 0.05) is 6.54 Å². The number of rotatable bonds is 4. The molecule has 1 fully saturated rings. The molecule has 0 amide bonds. The average molecular weight is 306 g/mol. The minimum Gasteiger partial charge on any atom is -0.372 e. The van der Waals surface area contributed by atoms with Crippen LogP contribution in [-0.4, -0.2) is 19.2 Å². The Balaban J connectivity index is 1.82. The number of hydrogen-bond donors (Lipinski definition) is 1. The molecule has 2 nitrogen and oxygen atoms in total. The van der Waals surface area contributed by atoms with E-state index in [4.69, 9.17) is 16.3 Å². The van der Waals surface area contributed by atoms with Gasteiger partial charge in [-0.25, -0.2) is 4.39 Å². The topological polar surface area (TPSA) is 21.3 Å². The van der Waals surface area contributed by atoms with Crippen LogP contribution in [0.3, 0.4) is 0 Å². The van der Waals surface area contributed by atoms with E-state index in [0.29, 0.717) is 6.61 Å². The first-order valence-electron chi connectivity index (χ1n) is 7.09. The summed E-state index contributed by atoms with van der Waals surface area (Å²) in [6, 6.07) is 12.8. The summed E-state index contributed by atoms with van der Waals surface area (Å²) < 4.78 is 19.2. The molecule has 0 aromatic heterocycles. The maximum absolute atomic E-state index is 13.3. The standard InChI is InChI=1S/C17H17ClFNO/c18-16-9-12(5-6-17(16)19)15-4-2-1-3-13(15)11-21-14-7-8-20-10-14/h1-6,9,14,20H,7-8,10-11H2. The molecule has 1 unspecified atom stereocenters. The van der Waals surface area contributed by atoms with Crippen molar-refractivity contribution in [1.29, 1.82) is 0 Å². The Morgan fingerprint density at radius 1 is 1.24 bits per heavy atom. The van der Waals surface area contributed by atoms with Crippen LogP contribution in [0.15, 0.2) is 42.5 Å². The molecule has 0 saturated carbocycles. The third kappa shape index (κ3) is 3.43. The van der Waals surface area contributed by atoms with E-state index in [1.807, 2.05) is 24.3 Å².